The van der Waals surface area contributed by atoms with Crippen LogP contribution in [0.3, 0.4) is 0 Å². The highest BCUT2D eigenvalue weighted by Gasteiger charge is 2.61. The van der Waals surface area contributed by atoms with Gasteiger partial charge in [-0.05, 0) is 55.2 Å². The number of H-pyrrole nitrogens is 1. The van der Waals surface area contributed by atoms with Gasteiger partial charge in [0, 0.05) is 66.1 Å². The summed E-state index contributed by atoms with van der Waals surface area (Å²) in [6, 6.07) is 10.0. The molecule has 2 aromatic carbocycles. The number of amides is 1. The van der Waals surface area contributed by atoms with Crippen molar-refractivity contribution in [2.75, 3.05) is 32.8 Å². The second-order valence-corrected chi connectivity index (χ2v) is 19.1. The van der Waals surface area contributed by atoms with Crippen LogP contribution >= 0.6 is 23.5 Å². The zero-order valence-electron chi connectivity index (χ0n) is 38.1. The molecule has 2 saturated heterocycles. The number of allylic oxidation sites excluding steroid dienone is 3. The van der Waals surface area contributed by atoms with Crippen molar-refractivity contribution in [2.24, 2.45) is 5.92 Å². The molecule has 6 N–H and O–H groups in total. The van der Waals surface area contributed by atoms with E-state index < -0.39 is 77.8 Å². The van der Waals surface area contributed by atoms with Gasteiger partial charge in [0.25, 0.3) is 0 Å². The third-order valence-electron chi connectivity index (χ3n) is 12.3. The molecule has 11 atom stereocenters. The first-order valence-electron chi connectivity index (χ1n) is 21.8. The predicted molar refractivity (Wildman–Crippen MR) is 253 cm³/mol. The summed E-state index contributed by atoms with van der Waals surface area (Å²) in [6.07, 6.45) is -4.90. The van der Waals surface area contributed by atoms with Gasteiger partial charge in [0.2, 0.25) is 0 Å². The number of carbonyl (C=O) groups is 4. The molecule has 0 bridgehead atoms. The Morgan fingerprint density at radius 1 is 1.09 bits per heavy atom. The van der Waals surface area contributed by atoms with Crippen LogP contribution in [-0.4, -0.2) is 142 Å². The summed E-state index contributed by atoms with van der Waals surface area (Å²) in [5.74, 6) is 9.69. The lowest BCUT2D eigenvalue weighted by Gasteiger charge is -2.51. The average Bonchev–Trinajstić information content (AvgIpc) is 3.67. The molecule has 2 fully saturated rings. The number of hydrogen-bond donors (Lipinski definition) is 6. The number of hydrogen-bond acceptors (Lipinski definition) is 16. The van der Waals surface area contributed by atoms with Crippen molar-refractivity contribution in [1.29, 1.82) is 0 Å². The van der Waals surface area contributed by atoms with E-state index in [1.807, 2.05) is 19.9 Å². The number of phenols is 1. The molecule has 0 radical (unpaired) electrons. The molecule has 1 aromatic heterocycles. The van der Waals surface area contributed by atoms with Gasteiger partial charge in [0.15, 0.2) is 29.3 Å². The van der Waals surface area contributed by atoms with Crippen molar-refractivity contribution in [2.45, 2.75) is 107 Å². The highest BCUT2D eigenvalue weighted by molar-refractivity contribution is 8.13. The number of aromatic nitrogens is 1. The van der Waals surface area contributed by atoms with Gasteiger partial charge in [-0.1, -0.05) is 67.5 Å². The number of ketones is 2. The molecule has 3 heterocycles. The number of rotatable bonds is 13. The fourth-order valence-corrected chi connectivity index (χ4v) is 10.7. The van der Waals surface area contributed by atoms with Crippen molar-refractivity contribution < 1.29 is 62.9 Å². The summed E-state index contributed by atoms with van der Waals surface area (Å²) in [5, 5.41) is 42.2. The van der Waals surface area contributed by atoms with Gasteiger partial charge in [0.05, 0.1) is 55.2 Å². The Morgan fingerprint density at radius 3 is 2.58 bits per heavy atom. The van der Waals surface area contributed by atoms with Crippen molar-refractivity contribution in [3.05, 3.63) is 77.0 Å². The molecule has 3 aromatic rings. The third-order valence-corrected chi connectivity index (χ3v) is 14.5. The highest BCUT2D eigenvalue weighted by Crippen LogP contribution is 2.46. The monoisotopic (exact) mass is 957 g/mol. The summed E-state index contributed by atoms with van der Waals surface area (Å²) in [4.78, 5) is 57.5. The summed E-state index contributed by atoms with van der Waals surface area (Å²) in [5.41, 5.74) is 1.46. The van der Waals surface area contributed by atoms with Crippen LogP contribution in [0.2, 0.25) is 0 Å². The number of nitrogens with one attached hydrogen (secondary N) is 3. The lowest BCUT2D eigenvalue weighted by molar-refractivity contribution is -0.326. The quantitative estimate of drug-likeness (QED) is 0.0779. The first-order valence-corrected chi connectivity index (χ1v) is 24.0. The molecule has 356 valence electrons. The summed E-state index contributed by atoms with van der Waals surface area (Å²) < 4.78 is 35.7. The van der Waals surface area contributed by atoms with Crippen LogP contribution in [0.1, 0.15) is 50.9 Å². The van der Waals surface area contributed by atoms with Gasteiger partial charge >= 0.3 is 6.09 Å². The number of thioether (sulfide) groups is 2. The van der Waals surface area contributed by atoms with Crippen molar-refractivity contribution in [3.63, 3.8) is 0 Å². The normalized spacial score (nSPS) is 30.8. The van der Waals surface area contributed by atoms with Gasteiger partial charge < -0.3 is 54.0 Å². The van der Waals surface area contributed by atoms with Crippen LogP contribution in [0, 0.1) is 29.6 Å². The van der Waals surface area contributed by atoms with E-state index in [1.165, 1.54) is 19.1 Å². The Hall–Kier alpha value is -4.96. The highest BCUT2D eigenvalue weighted by atomic mass is 32.2. The number of para-hydroxylation sites is 1. The Bertz CT molecular complexity index is 2620. The van der Waals surface area contributed by atoms with E-state index in [2.05, 4.69) is 39.3 Å². The molecule has 0 saturated carbocycles. The second-order valence-electron chi connectivity index (χ2n) is 16.8. The van der Waals surface area contributed by atoms with E-state index in [0.29, 0.717) is 21.8 Å². The fraction of sp³-hybridized carbons (Fsp3) is 0.469. The lowest BCUT2D eigenvalue weighted by atomic mass is 9.81. The van der Waals surface area contributed by atoms with Crippen molar-refractivity contribution in [1.82, 2.24) is 15.6 Å². The number of carbonyl (C=O) groups excluding carboxylic acids is 4. The van der Waals surface area contributed by atoms with Crippen LogP contribution in [0.5, 0.6) is 5.75 Å². The van der Waals surface area contributed by atoms with Gasteiger partial charge in [-0.3, -0.25) is 19.7 Å². The molecule has 16 nitrogen and oxygen atoms in total. The number of ether oxygens (including phenoxy) is 6. The third kappa shape index (κ3) is 10.4. The average molecular weight is 958 g/mol. The van der Waals surface area contributed by atoms with Crippen LogP contribution in [0.15, 0.2) is 71.5 Å². The number of aliphatic hydroxyl groups excluding tert-OH is 2. The molecule has 2 aliphatic heterocycles. The van der Waals surface area contributed by atoms with Crippen LogP contribution in [0.25, 0.3) is 21.8 Å². The minimum atomic E-state index is -1.74. The fourth-order valence-electron chi connectivity index (χ4n) is 9.15. The van der Waals surface area contributed by atoms with Gasteiger partial charge in [0.1, 0.15) is 28.8 Å². The maximum Gasteiger partial charge on any atom is 0.411 e. The lowest BCUT2D eigenvalue weighted by Crippen LogP contribution is -2.68. The first kappa shape index (κ1) is 49.9. The Kier molecular flexibility index (Phi) is 16.1. The van der Waals surface area contributed by atoms with E-state index in [9.17, 15) is 29.7 Å². The molecule has 0 spiro atoms. The van der Waals surface area contributed by atoms with Crippen molar-refractivity contribution in [3.8, 4) is 29.4 Å². The number of aliphatic hydroxyl groups is 2. The molecule has 18 heteroatoms. The van der Waals surface area contributed by atoms with E-state index in [4.69, 9.17) is 28.4 Å². The van der Waals surface area contributed by atoms with Crippen molar-refractivity contribution >= 4 is 68.1 Å². The predicted octanol–water partition coefficient (Wildman–Crippen LogP) is 4.66. The second kappa shape index (κ2) is 21.6. The molecule has 2 aliphatic carbocycles. The zero-order valence-corrected chi connectivity index (χ0v) is 39.7. The summed E-state index contributed by atoms with van der Waals surface area (Å²) >= 11 is 2.07. The molecule has 67 heavy (non-hydrogen) atoms. The number of methoxy groups -OCH3 is 2. The molecule has 4 aliphatic rings. The van der Waals surface area contributed by atoms with Crippen LogP contribution in [0.4, 0.5) is 4.79 Å². The molecular formula is C49H55N3O13S2. The minimum Gasteiger partial charge on any atom is -0.508 e. The number of aromatic hydroxyl groups is 1. The molecule has 1 amide bonds. The number of Topliss-reactive ketones (excluding diaryl/α,β-unsaturated/α-hetero) is 2. The minimum absolute atomic E-state index is 0.0365. The summed E-state index contributed by atoms with van der Waals surface area (Å²) in [7, 11) is 2.73. The van der Waals surface area contributed by atoms with E-state index in [1.54, 1.807) is 56.7 Å². The van der Waals surface area contributed by atoms with Crippen LogP contribution in [-0.2, 0) is 38.0 Å². The Balaban J connectivity index is 1.35. The Labute approximate surface area is 396 Å². The topological polar surface area (TPSA) is 224 Å². The molecule has 9 unspecified atom stereocenters. The number of alkyl carbamates (subject to hydrolysis) is 1. The largest absolute Gasteiger partial charge is 0.508 e. The van der Waals surface area contributed by atoms with Gasteiger partial charge in [-0.2, -0.15) is 0 Å². The van der Waals surface area contributed by atoms with E-state index in [0.717, 1.165) is 30.6 Å². The smallest absolute Gasteiger partial charge is 0.411 e. The molecular weight excluding hydrogens is 903 g/mol. The maximum absolute atomic E-state index is 15.4. The first-order chi connectivity index (χ1) is 32.1. The number of phenolic OH excluding ortho intramolecular Hbond substituents is 1. The number of aromatic amines is 1. The van der Waals surface area contributed by atoms with Gasteiger partial charge in [-0.25, -0.2) is 4.79 Å². The SMILES string of the molecule is COC(=O)NC1=C2C#C/C=C\C#C[C@H](OC3OC(C)C(SC)(C(=O)c4cccc5c4[nH]c4ccc(O)cc45)C(O)C3OC3CC(OC)C(NC(C)C)CO3)C2/C(=C\CSC(C)=O)[C@@H](O)CC1=O. The zero-order chi connectivity index (χ0) is 48.2. The maximum atomic E-state index is 15.4. The Morgan fingerprint density at radius 2 is 1.87 bits per heavy atom. The van der Waals surface area contributed by atoms with E-state index >= 15 is 4.79 Å². The van der Waals surface area contributed by atoms with Gasteiger partial charge in [-0.15, -0.1) is 11.8 Å². The number of fused-ring (bicyclic) bond motifs is 4. The van der Waals surface area contributed by atoms with Crippen LogP contribution < -0.4 is 10.6 Å². The standard InChI is InChI=1S/C49H55N3O13S2/c1-25(2)50-35-24-62-40(23-39(35)60-5)65-44-46(58)49(66-7,45(57)32-15-12-14-29-33-21-28(54)17-18-34(33)51-42(29)32)26(3)63-47(44)64-38-16-11-9-8-10-13-31-41(38)30(19-20-67-27(4)53)36(55)22-37(56)43(31)52-48(59)61-6/h8-9,12,14-15,17-19,21,25-26,35-36,38-41,44,46-47,50-51,54-55,58H,20,22-24H2,1-7H3,(H,52,59)/b9-8-,30-19-/t26?,35?,36-,38-,39?,40?,41?,44?,46?,47?,49?/m0/s1. The van der Waals surface area contributed by atoms with E-state index in [-0.39, 0.29) is 70.2 Å². The molecule has 7 rings (SSSR count). The summed E-state index contributed by atoms with van der Waals surface area (Å²) in [6.45, 7) is 7.26. The number of benzene rings is 2.